The third kappa shape index (κ3) is 3.19. The van der Waals surface area contributed by atoms with Gasteiger partial charge in [-0.05, 0) is 53.6 Å². The van der Waals surface area contributed by atoms with Crippen molar-refractivity contribution < 1.29 is 4.39 Å². The van der Waals surface area contributed by atoms with Crippen molar-refractivity contribution in [3.8, 4) is 0 Å². The first-order chi connectivity index (χ1) is 10.1. The number of hydrogen-bond donors (Lipinski definition) is 1. The summed E-state index contributed by atoms with van der Waals surface area (Å²) >= 11 is 3.49. The molecular weight excluding hydrogens is 329 g/mol. The predicted octanol–water partition coefficient (Wildman–Crippen LogP) is 5.32. The Morgan fingerprint density at radius 1 is 1.14 bits per heavy atom. The molecular formula is C18H19BrFN. The van der Waals surface area contributed by atoms with Crippen LogP contribution in [0.4, 0.5) is 4.39 Å². The summed E-state index contributed by atoms with van der Waals surface area (Å²) in [4.78, 5) is 0. The van der Waals surface area contributed by atoms with E-state index in [0.717, 1.165) is 16.5 Å². The average Bonchev–Trinajstić information content (AvgIpc) is 2.50. The van der Waals surface area contributed by atoms with Gasteiger partial charge in [0.2, 0.25) is 0 Å². The second-order valence-corrected chi connectivity index (χ2v) is 6.63. The molecule has 0 heterocycles. The van der Waals surface area contributed by atoms with Gasteiger partial charge >= 0.3 is 0 Å². The van der Waals surface area contributed by atoms with Gasteiger partial charge < -0.3 is 5.32 Å². The van der Waals surface area contributed by atoms with Gasteiger partial charge in [-0.25, -0.2) is 4.39 Å². The Morgan fingerprint density at radius 3 is 2.71 bits per heavy atom. The lowest BCUT2D eigenvalue weighted by Gasteiger charge is -2.30. The lowest BCUT2D eigenvalue weighted by molar-refractivity contribution is 0.430. The van der Waals surface area contributed by atoms with Crippen LogP contribution in [0.15, 0.2) is 46.9 Å². The molecule has 0 spiro atoms. The van der Waals surface area contributed by atoms with E-state index in [1.807, 2.05) is 0 Å². The topological polar surface area (TPSA) is 12.0 Å². The maximum absolute atomic E-state index is 13.4. The van der Waals surface area contributed by atoms with Gasteiger partial charge in [-0.2, -0.15) is 0 Å². The van der Waals surface area contributed by atoms with Crippen LogP contribution in [0.1, 0.15) is 48.4 Å². The quantitative estimate of drug-likeness (QED) is 0.792. The molecule has 3 rings (SSSR count). The van der Waals surface area contributed by atoms with E-state index in [9.17, 15) is 4.39 Å². The Balaban J connectivity index is 1.77. The zero-order valence-corrected chi connectivity index (χ0v) is 13.7. The molecule has 110 valence electrons. The van der Waals surface area contributed by atoms with Gasteiger partial charge in [0, 0.05) is 17.1 Å². The summed E-state index contributed by atoms with van der Waals surface area (Å²) in [6.45, 7) is 2.96. The molecule has 0 bridgehead atoms. The van der Waals surface area contributed by atoms with Crippen molar-refractivity contribution in [1.82, 2.24) is 5.32 Å². The molecule has 0 aliphatic heterocycles. The summed E-state index contributed by atoms with van der Waals surface area (Å²) in [7, 11) is 0. The smallest absolute Gasteiger partial charge is 0.123 e. The fourth-order valence-electron chi connectivity index (χ4n) is 3.13. The van der Waals surface area contributed by atoms with E-state index in [2.05, 4.69) is 52.4 Å². The van der Waals surface area contributed by atoms with E-state index >= 15 is 0 Å². The lowest BCUT2D eigenvalue weighted by Crippen LogP contribution is -2.26. The molecule has 2 unspecified atom stereocenters. The highest BCUT2D eigenvalue weighted by Gasteiger charge is 2.23. The highest BCUT2D eigenvalue weighted by molar-refractivity contribution is 9.10. The van der Waals surface area contributed by atoms with E-state index in [-0.39, 0.29) is 5.82 Å². The van der Waals surface area contributed by atoms with E-state index in [0.29, 0.717) is 18.5 Å². The third-order valence-corrected chi connectivity index (χ3v) is 5.11. The maximum Gasteiger partial charge on any atom is 0.123 e. The van der Waals surface area contributed by atoms with Crippen LogP contribution >= 0.6 is 15.9 Å². The van der Waals surface area contributed by atoms with Crippen LogP contribution in [-0.2, 0) is 6.54 Å². The summed E-state index contributed by atoms with van der Waals surface area (Å²) in [5.74, 6) is 0.438. The monoisotopic (exact) mass is 347 g/mol. The minimum Gasteiger partial charge on any atom is -0.306 e. The Bertz CT molecular complexity index is 641. The summed E-state index contributed by atoms with van der Waals surface area (Å²) < 4.78 is 14.3. The first-order valence-electron chi connectivity index (χ1n) is 7.41. The van der Waals surface area contributed by atoms with Gasteiger partial charge in [-0.3, -0.25) is 0 Å². The summed E-state index contributed by atoms with van der Waals surface area (Å²) in [5.41, 5.74) is 3.80. The molecule has 0 radical (unpaired) electrons. The zero-order valence-electron chi connectivity index (χ0n) is 12.1. The van der Waals surface area contributed by atoms with Gasteiger partial charge in [0.1, 0.15) is 5.82 Å². The van der Waals surface area contributed by atoms with E-state index in [1.54, 1.807) is 12.1 Å². The standard InChI is InChI=1S/C18H19BrFN/c1-12-6-9-18(16-5-3-2-4-15(12)16)21-11-13-10-14(20)7-8-17(13)19/h2-5,7-8,10,12,18,21H,6,9,11H2,1H3. The highest BCUT2D eigenvalue weighted by atomic mass is 79.9. The lowest BCUT2D eigenvalue weighted by atomic mass is 9.81. The molecule has 2 aromatic rings. The van der Waals surface area contributed by atoms with Crippen molar-refractivity contribution in [3.05, 3.63) is 69.4 Å². The predicted molar refractivity (Wildman–Crippen MR) is 87.8 cm³/mol. The number of nitrogens with one attached hydrogen (secondary N) is 1. The summed E-state index contributed by atoms with van der Waals surface area (Å²) in [5, 5.41) is 3.59. The van der Waals surface area contributed by atoms with Crippen molar-refractivity contribution >= 4 is 15.9 Å². The molecule has 0 saturated carbocycles. The van der Waals surface area contributed by atoms with Crippen LogP contribution in [0.5, 0.6) is 0 Å². The third-order valence-electron chi connectivity index (χ3n) is 4.34. The Kier molecular flexibility index (Phi) is 4.41. The van der Waals surface area contributed by atoms with Crippen molar-refractivity contribution in [2.24, 2.45) is 0 Å². The van der Waals surface area contributed by atoms with E-state index in [4.69, 9.17) is 0 Å². The maximum atomic E-state index is 13.4. The Labute approximate surface area is 133 Å². The molecule has 21 heavy (non-hydrogen) atoms. The van der Waals surface area contributed by atoms with Crippen LogP contribution in [0.3, 0.4) is 0 Å². The number of benzene rings is 2. The molecule has 0 amide bonds. The molecule has 1 aliphatic rings. The first kappa shape index (κ1) is 14.7. The first-order valence-corrected chi connectivity index (χ1v) is 8.20. The molecule has 1 nitrogen and oxygen atoms in total. The molecule has 0 aromatic heterocycles. The van der Waals surface area contributed by atoms with Gasteiger partial charge in [-0.15, -0.1) is 0 Å². The number of fused-ring (bicyclic) bond motifs is 1. The molecule has 1 N–H and O–H groups in total. The second kappa shape index (κ2) is 6.29. The summed E-state index contributed by atoms with van der Waals surface area (Å²) in [6.07, 6.45) is 2.32. The minimum atomic E-state index is -0.187. The van der Waals surface area contributed by atoms with Crippen molar-refractivity contribution in [2.75, 3.05) is 0 Å². The molecule has 2 aromatic carbocycles. The van der Waals surface area contributed by atoms with Crippen LogP contribution in [-0.4, -0.2) is 0 Å². The van der Waals surface area contributed by atoms with Gasteiger partial charge in [0.25, 0.3) is 0 Å². The van der Waals surface area contributed by atoms with Crippen molar-refractivity contribution in [2.45, 2.75) is 38.3 Å². The fourth-order valence-corrected chi connectivity index (χ4v) is 3.52. The number of hydrogen-bond acceptors (Lipinski definition) is 1. The number of halogens is 2. The Morgan fingerprint density at radius 2 is 1.90 bits per heavy atom. The fraction of sp³-hybridized carbons (Fsp3) is 0.333. The minimum absolute atomic E-state index is 0.187. The molecule has 0 saturated heterocycles. The molecule has 1 aliphatic carbocycles. The van der Waals surface area contributed by atoms with Crippen molar-refractivity contribution in [1.29, 1.82) is 0 Å². The van der Waals surface area contributed by atoms with Gasteiger partial charge in [0.15, 0.2) is 0 Å². The van der Waals surface area contributed by atoms with Gasteiger partial charge in [0.05, 0.1) is 0 Å². The normalized spacial score (nSPS) is 21.1. The second-order valence-electron chi connectivity index (χ2n) is 5.78. The van der Waals surface area contributed by atoms with Gasteiger partial charge in [-0.1, -0.05) is 47.1 Å². The van der Waals surface area contributed by atoms with Crippen LogP contribution in [0, 0.1) is 5.82 Å². The largest absolute Gasteiger partial charge is 0.306 e. The Hall–Kier alpha value is -1.19. The molecule has 3 heteroatoms. The number of rotatable bonds is 3. The average molecular weight is 348 g/mol. The van der Waals surface area contributed by atoms with Crippen LogP contribution in [0.25, 0.3) is 0 Å². The molecule has 2 atom stereocenters. The van der Waals surface area contributed by atoms with Crippen LogP contribution in [0.2, 0.25) is 0 Å². The molecule has 0 fully saturated rings. The highest BCUT2D eigenvalue weighted by Crippen LogP contribution is 2.37. The van der Waals surface area contributed by atoms with Crippen molar-refractivity contribution in [3.63, 3.8) is 0 Å². The van der Waals surface area contributed by atoms with E-state index < -0.39 is 0 Å². The zero-order chi connectivity index (χ0) is 14.8. The SMILES string of the molecule is CC1CCC(NCc2cc(F)ccc2Br)c2ccccc21. The summed E-state index contributed by atoms with van der Waals surface area (Å²) in [6, 6.07) is 13.8. The van der Waals surface area contributed by atoms with E-state index in [1.165, 1.54) is 23.6 Å². The van der Waals surface area contributed by atoms with Crippen LogP contribution < -0.4 is 5.32 Å².